The van der Waals surface area contributed by atoms with Crippen molar-refractivity contribution in [1.82, 2.24) is 16.0 Å². The molecule has 3 aliphatic rings. The van der Waals surface area contributed by atoms with Gasteiger partial charge in [-0.25, -0.2) is 4.79 Å². The molecule has 3 N–H and O–H groups in total. The molecule has 1 saturated carbocycles. The predicted octanol–water partition coefficient (Wildman–Crippen LogP) is 1.77. The number of unbranched alkanes of at least 4 members (excludes halogenated alkanes) is 1. The van der Waals surface area contributed by atoms with Crippen molar-refractivity contribution >= 4 is 29.7 Å². The fourth-order valence-electron chi connectivity index (χ4n) is 4.41. The summed E-state index contributed by atoms with van der Waals surface area (Å²) in [6.07, 6.45) is 6.31. The number of esters is 1. The molecule has 218 valence electrons. The Hall–Kier alpha value is -1.60. The maximum absolute atomic E-state index is 12.0. The van der Waals surface area contributed by atoms with Crippen LogP contribution in [-0.4, -0.2) is 106 Å². The standard InChI is InChI=1S/C26H45N3O8S/c1-2-23(31)37-26(8-9-26)19-36-17-16-35-15-14-34-13-12-33-11-5-10-27-22(30)7-4-3-6-21-24-20(18-38-21)28-25(32)29-24/h20-21,24H,2-19H2,1H3,(H,27,30)(H2,28,29,32). The molecule has 1 aliphatic carbocycles. The molecule has 38 heavy (non-hydrogen) atoms. The molecule has 0 spiro atoms. The zero-order chi connectivity index (χ0) is 27.1. The molecule has 3 fully saturated rings. The van der Waals surface area contributed by atoms with Gasteiger partial charge >= 0.3 is 12.0 Å². The highest BCUT2D eigenvalue weighted by Crippen LogP contribution is 2.40. The topological polar surface area (TPSA) is 133 Å². The van der Waals surface area contributed by atoms with Gasteiger partial charge in [-0.1, -0.05) is 13.3 Å². The maximum Gasteiger partial charge on any atom is 0.315 e. The number of carbonyl (C=O) groups is 3. The summed E-state index contributed by atoms with van der Waals surface area (Å²) < 4.78 is 27.5. The fourth-order valence-corrected chi connectivity index (χ4v) is 5.95. The van der Waals surface area contributed by atoms with Crippen LogP contribution in [0.15, 0.2) is 0 Å². The van der Waals surface area contributed by atoms with Crippen molar-refractivity contribution in [1.29, 1.82) is 0 Å². The van der Waals surface area contributed by atoms with E-state index in [1.807, 2.05) is 11.8 Å². The summed E-state index contributed by atoms with van der Waals surface area (Å²) in [6, 6.07) is 0.435. The van der Waals surface area contributed by atoms with Crippen LogP contribution in [0, 0.1) is 0 Å². The van der Waals surface area contributed by atoms with Crippen molar-refractivity contribution in [2.75, 3.05) is 65.2 Å². The number of rotatable bonds is 22. The van der Waals surface area contributed by atoms with Crippen LogP contribution >= 0.6 is 11.8 Å². The summed E-state index contributed by atoms with van der Waals surface area (Å²) in [4.78, 5) is 34.8. The highest BCUT2D eigenvalue weighted by atomic mass is 32.2. The number of nitrogens with one attached hydrogen (secondary N) is 3. The number of ether oxygens (including phenoxy) is 5. The normalized spacial score (nSPS) is 23.0. The lowest BCUT2D eigenvalue weighted by Crippen LogP contribution is -2.36. The van der Waals surface area contributed by atoms with Gasteiger partial charge in [0.15, 0.2) is 0 Å². The molecule has 0 radical (unpaired) electrons. The highest BCUT2D eigenvalue weighted by molar-refractivity contribution is 8.00. The Morgan fingerprint density at radius 3 is 2.32 bits per heavy atom. The van der Waals surface area contributed by atoms with Crippen molar-refractivity contribution in [3.05, 3.63) is 0 Å². The van der Waals surface area contributed by atoms with Crippen LogP contribution in [0.2, 0.25) is 0 Å². The molecule has 0 aromatic heterocycles. The van der Waals surface area contributed by atoms with Gasteiger partial charge in [0.05, 0.1) is 58.3 Å². The maximum atomic E-state index is 12.0. The number of thioether (sulfide) groups is 1. The molecular formula is C26H45N3O8S. The summed E-state index contributed by atoms with van der Waals surface area (Å²) in [6.45, 7) is 6.32. The minimum atomic E-state index is -0.392. The van der Waals surface area contributed by atoms with Gasteiger partial charge in [-0.15, -0.1) is 0 Å². The second-order valence-corrected chi connectivity index (χ2v) is 11.2. The van der Waals surface area contributed by atoms with Gasteiger partial charge < -0.3 is 39.6 Å². The van der Waals surface area contributed by atoms with Gasteiger partial charge in [0, 0.05) is 37.0 Å². The zero-order valence-corrected chi connectivity index (χ0v) is 23.5. The summed E-state index contributed by atoms with van der Waals surface area (Å²) in [5, 5.41) is 9.35. The third-order valence-electron chi connectivity index (χ3n) is 6.78. The van der Waals surface area contributed by atoms with Crippen molar-refractivity contribution in [2.45, 2.75) is 81.2 Å². The van der Waals surface area contributed by atoms with E-state index in [9.17, 15) is 14.4 Å². The van der Waals surface area contributed by atoms with Gasteiger partial charge in [0.1, 0.15) is 5.60 Å². The number of hydrogen-bond acceptors (Lipinski definition) is 9. The van der Waals surface area contributed by atoms with Crippen molar-refractivity contribution in [3.63, 3.8) is 0 Å². The van der Waals surface area contributed by atoms with Gasteiger partial charge in [-0.05, 0) is 32.1 Å². The van der Waals surface area contributed by atoms with Gasteiger partial charge in [-0.3, -0.25) is 9.59 Å². The summed E-state index contributed by atoms with van der Waals surface area (Å²) in [5.41, 5.74) is -0.392. The van der Waals surface area contributed by atoms with E-state index in [1.54, 1.807) is 6.92 Å². The number of carbonyl (C=O) groups excluding carboxylic acids is 3. The first-order valence-electron chi connectivity index (χ1n) is 14.0. The molecule has 3 atom stereocenters. The van der Waals surface area contributed by atoms with E-state index in [4.69, 9.17) is 23.7 Å². The lowest BCUT2D eigenvalue weighted by atomic mass is 10.0. The molecule has 2 heterocycles. The molecule has 0 bridgehead atoms. The van der Waals surface area contributed by atoms with Gasteiger partial charge in [-0.2, -0.15) is 11.8 Å². The lowest BCUT2D eigenvalue weighted by molar-refractivity contribution is -0.155. The SMILES string of the molecule is CCC(=O)OC1(COCCOCCOCCOCCCNC(=O)CCCCC2SCC3NC(=O)NC32)CC1. The van der Waals surface area contributed by atoms with Gasteiger partial charge in [0.25, 0.3) is 0 Å². The Labute approximate surface area is 230 Å². The summed E-state index contributed by atoms with van der Waals surface area (Å²) >= 11 is 1.91. The van der Waals surface area contributed by atoms with Crippen LogP contribution in [-0.2, 0) is 33.3 Å². The van der Waals surface area contributed by atoms with Crippen LogP contribution < -0.4 is 16.0 Å². The Morgan fingerprint density at radius 2 is 1.63 bits per heavy atom. The number of hydrogen-bond donors (Lipinski definition) is 3. The van der Waals surface area contributed by atoms with Crippen LogP contribution in [0.5, 0.6) is 0 Å². The molecular weight excluding hydrogens is 514 g/mol. The smallest absolute Gasteiger partial charge is 0.315 e. The molecule has 0 aromatic rings. The molecule has 3 rings (SSSR count). The largest absolute Gasteiger partial charge is 0.457 e. The predicted molar refractivity (Wildman–Crippen MR) is 143 cm³/mol. The van der Waals surface area contributed by atoms with E-state index in [2.05, 4.69) is 16.0 Å². The second-order valence-electron chi connectivity index (χ2n) is 9.97. The average molecular weight is 560 g/mol. The first-order chi connectivity index (χ1) is 18.5. The van der Waals surface area contributed by atoms with E-state index >= 15 is 0 Å². The average Bonchev–Trinajstić information content (AvgIpc) is 3.41. The molecule has 3 unspecified atom stereocenters. The number of amides is 3. The molecule has 11 nitrogen and oxygen atoms in total. The van der Waals surface area contributed by atoms with Crippen molar-refractivity contribution < 1.29 is 38.1 Å². The quantitative estimate of drug-likeness (QED) is 0.103. The fraction of sp³-hybridized carbons (Fsp3) is 0.885. The van der Waals surface area contributed by atoms with E-state index < -0.39 is 5.60 Å². The summed E-state index contributed by atoms with van der Waals surface area (Å²) in [5.74, 6) is 0.874. The number of fused-ring (bicyclic) bond motifs is 1. The first kappa shape index (κ1) is 30.9. The van der Waals surface area contributed by atoms with Crippen LogP contribution in [0.3, 0.4) is 0 Å². The monoisotopic (exact) mass is 559 g/mol. The van der Waals surface area contributed by atoms with E-state index in [-0.39, 0.29) is 30.0 Å². The van der Waals surface area contributed by atoms with E-state index in [0.29, 0.717) is 77.5 Å². The first-order valence-corrected chi connectivity index (χ1v) is 15.0. The minimum absolute atomic E-state index is 0.0544. The summed E-state index contributed by atoms with van der Waals surface area (Å²) in [7, 11) is 0. The molecule has 2 saturated heterocycles. The van der Waals surface area contributed by atoms with Crippen molar-refractivity contribution in [2.24, 2.45) is 0 Å². The Bertz CT molecular complexity index is 739. The molecule has 0 aromatic carbocycles. The molecule has 2 aliphatic heterocycles. The zero-order valence-electron chi connectivity index (χ0n) is 22.6. The third-order valence-corrected chi connectivity index (χ3v) is 8.28. The second kappa shape index (κ2) is 17.2. The highest BCUT2D eigenvalue weighted by Gasteiger charge is 2.47. The molecule has 3 amide bonds. The minimum Gasteiger partial charge on any atom is -0.457 e. The number of urea groups is 1. The van der Waals surface area contributed by atoms with Gasteiger partial charge in [0.2, 0.25) is 5.91 Å². The van der Waals surface area contributed by atoms with Crippen molar-refractivity contribution in [3.8, 4) is 0 Å². The Morgan fingerprint density at radius 1 is 0.947 bits per heavy atom. The molecule has 12 heteroatoms. The van der Waals surface area contributed by atoms with E-state index in [0.717, 1.165) is 44.3 Å². The Balaban J connectivity index is 1.00. The van der Waals surface area contributed by atoms with Crippen LogP contribution in [0.25, 0.3) is 0 Å². The Kier molecular flexibility index (Phi) is 14.0. The van der Waals surface area contributed by atoms with E-state index in [1.165, 1.54) is 0 Å². The third kappa shape index (κ3) is 11.6. The lowest BCUT2D eigenvalue weighted by Gasteiger charge is -2.16. The van der Waals surface area contributed by atoms with Crippen LogP contribution in [0.1, 0.15) is 58.3 Å². The van der Waals surface area contributed by atoms with Crippen LogP contribution in [0.4, 0.5) is 4.79 Å².